The number of ether oxygens (including phenoxy) is 1. The first-order valence-electron chi connectivity index (χ1n) is 6.03. The van der Waals surface area contributed by atoms with Crippen molar-refractivity contribution in [2.24, 2.45) is 5.73 Å². The summed E-state index contributed by atoms with van der Waals surface area (Å²) in [7, 11) is 0. The number of aryl methyl sites for hydroxylation is 1. The minimum atomic E-state index is -0.0407. The monoisotopic (exact) mass is 219 g/mol. The minimum absolute atomic E-state index is 0.0407. The topological polar surface area (TPSA) is 35.2 Å². The van der Waals surface area contributed by atoms with Gasteiger partial charge < -0.3 is 10.5 Å². The third-order valence-corrected chi connectivity index (χ3v) is 3.09. The van der Waals surface area contributed by atoms with Gasteiger partial charge >= 0.3 is 0 Å². The van der Waals surface area contributed by atoms with E-state index in [2.05, 4.69) is 32.0 Å². The zero-order chi connectivity index (χ0) is 11.8. The summed E-state index contributed by atoms with van der Waals surface area (Å²) in [5.74, 6) is 1.08. The third-order valence-electron chi connectivity index (χ3n) is 3.09. The minimum Gasteiger partial charge on any atom is -0.487 e. The Morgan fingerprint density at radius 1 is 1.44 bits per heavy atom. The summed E-state index contributed by atoms with van der Waals surface area (Å²) in [4.78, 5) is 0. The van der Waals surface area contributed by atoms with E-state index in [1.54, 1.807) is 0 Å². The van der Waals surface area contributed by atoms with Gasteiger partial charge in [0.25, 0.3) is 0 Å². The molecule has 0 aliphatic carbocycles. The molecule has 0 amide bonds. The van der Waals surface area contributed by atoms with Gasteiger partial charge in [-0.1, -0.05) is 18.2 Å². The van der Waals surface area contributed by atoms with Crippen LogP contribution >= 0.6 is 0 Å². The van der Waals surface area contributed by atoms with Gasteiger partial charge in [0.2, 0.25) is 0 Å². The van der Waals surface area contributed by atoms with Gasteiger partial charge in [0.1, 0.15) is 11.4 Å². The van der Waals surface area contributed by atoms with Crippen molar-refractivity contribution in [1.82, 2.24) is 0 Å². The van der Waals surface area contributed by atoms with Gasteiger partial charge in [-0.05, 0) is 51.2 Å². The molecule has 1 unspecified atom stereocenters. The molecular weight excluding hydrogens is 198 g/mol. The van der Waals surface area contributed by atoms with Gasteiger partial charge in [0.05, 0.1) is 0 Å². The Hall–Kier alpha value is -1.02. The summed E-state index contributed by atoms with van der Waals surface area (Å²) in [5, 5.41) is 0. The van der Waals surface area contributed by atoms with Crippen LogP contribution in [0.3, 0.4) is 0 Å². The van der Waals surface area contributed by atoms with E-state index in [1.165, 1.54) is 11.1 Å². The molecule has 0 radical (unpaired) electrons. The van der Waals surface area contributed by atoms with Crippen molar-refractivity contribution >= 4 is 0 Å². The lowest BCUT2D eigenvalue weighted by Crippen LogP contribution is -2.33. The van der Waals surface area contributed by atoms with Crippen LogP contribution in [0.1, 0.15) is 38.3 Å². The van der Waals surface area contributed by atoms with Crippen LogP contribution in [-0.4, -0.2) is 11.6 Å². The van der Waals surface area contributed by atoms with Crippen LogP contribution in [0.2, 0.25) is 0 Å². The lowest BCUT2D eigenvalue weighted by atomic mass is 9.91. The van der Waals surface area contributed by atoms with Crippen LogP contribution in [0.15, 0.2) is 18.2 Å². The maximum absolute atomic E-state index is 6.10. The molecule has 1 aliphatic rings. The number of hydrogen-bond donors (Lipinski definition) is 1. The fourth-order valence-corrected chi connectivity index (χ4v) is 2.24. The van der Waals surface area contributed by atoms with Crippen LogP contribution in [0, 0.1) is 0 Å². The molecule has 1 atom stereocenters. The van der Waals surface area contributed by atoms with Crippen molar-refractivity contribution in [3.63, 3.8) is 0 Å². The van der Waals surface area contributed by atoms with E-state index in [4.69, 9.17) is 10.5 Å². The molecule has 0 fully saturated rings. The summed E-state index contributed by atoms with van der Waals surface area (Å²) >= 11 is 0. The average molecular weight is 219 g/mol. The first-order valence-corrected chi connectivity index (χ1v) is 6.03. The summed E-state index contributed by atoms with van der Waals surface area (Å²) in [6.45, 7) is 6.34. The maximum Gasteiger partial charge on any atom is 0.126 e. The van der Waals surface area contributed by atoms with Crippen LogP contribution in [-0.2, 0) is 12.8 Å². The zero-order valence-corrected chi connectivity index (χ0v) is 10.4. The lowest BCUT2D eigenvalue weighted by Gasteiger charge is -2.34. The summed E-state index contributed by atoms with van der Waals surface area (Å²) in [6.07, 6.45) is 3.08. The molecule has 0 spiro atoms. The second kappa shape index (κ2) is 4.10. The van der Waals surface area contributed by atoms with Crippen molar-refractivity contribution in [3.8, 4) is 5.75 Å². The van der Waals surface area contributed by atoms with Gasteiger partial charge in [-0.2, -0.15) is 0 Å². The van der Waals surface area contributed by atoms with E-state index in [-0.39, 0.29) is 11.6 Å². The Morgan fingerprint density at radius 2 is 2.19 bits per heavy atom. The molecule has 1 aliphatic heterocycles. The van der Waals surface area contributed by atoms with Gasteiger partial charge in [-0.3, -0.25) is 0 Å². The largest absolute Gasteiger partial charge is 0.487 e. The molecule has 0 aromatic heterocycles. The number of hydrogen-bond acceptors (Lipinski definition) is 2. The fraction of sp³-hybridized carbons (Fsp3) is 0.571. The zero-order valence-electron chi connectivity index (χ0n) is 10.4. The van der Waals surface area contributed by atoms with E-state index in [0.29, 0.717) is 0 Å². The highest BCUT2D eigenvalue weighted by Crippen LogP contribution is 2.36. The predicted octanol–water partition coefficient (Wildman–Crippen LogP) is 2.68. The highest BCUT2D eigenvalue weighted by Gasteiger charge is 2.27. The first-order chi connectivity index (χ1) is 7.48. The molecule has 1 heterocycles. The molecule has 2 N–H and O–H groups in total. The van der Waals surface area contributed by atoms with Gasteiger partial charge in [0.15, 0.2) is 0 Å². The molecule has 0 saturated heterocycles. The Balaban J connectivity index is 2.34. The molecular formula is C14H21NO. The molecule has 0 bridgehead atoms. The molecule has 2 rings (SSSR count). The molecule has 1 aromatic rings. The maximum atomic E-state index is 6.10. The lowest BCUT2D eigenvalue weighted by molar-refractivity contribution is 0.0832. The molecule has 0 saturated carbocycles. The highest BCUT2D eigenvalue weighted by molar-refractivity contribution is 5.44. The van der Waals surface area contributed by atoms with E-state index >= 15 is 0 Å². The van der Waals surface area contributed by atoms with Gasteiger partial charge in [0, 0.05) is 6.04 Å². The number of nitrogens with two attached hydrogens (primary N) is 1. The van der Waals surface area contributed by atoms with E-state index < -0.39 is 0 Å². The molecule has 88 valence electrons. The standard InChI is InChI=1S/C14H21NO/c1-10(15)9-12-6-4-5-11-7-8-14(2,3)16-13(11)12/h4-6,10H,7-9,15H2,1-3H3. The molecule has 16 heavy (non-hydrogen) atoms. The number of rotatable bonds is 2. The number of benzene rings is 1. The van der Waals surface area contributed by atoms with Crippen molar-refractivity contribution in [2.45, 2.75) is 51.7 Å². The summed E-state index contributed by atoms with van der Waals surface area (Å²) < 4.78 is 6.10. The quantitative estimate of drug-likeness (QED) is 0.830. The average Bonchev–Trinajstić information content (AvgIpc) is 2.17. The van der Waals surface area contributed by atoms with Crippen molar-refractivity contribution < 1.29 is 4.74 Å². The first kappa shape index (κ1) is 11.5. The van der Waals surface area contributed by atoms with Crippen LogP contribution in [0.4, 0.5) is 0 Å². The molecule has 2 heteroatoms. The van der Waals surface area contributed by atoms with E-state index in [1.807, 2.05) is 6.92 Å². The van der Waals surface area contributed by atoms with E-state index in [9.17, 15) is 0 Å². The van der Waals surface area contributed by atoms with Gasteiger partial charge in [-0.15, -0.1) is 0 Å². The van der Waals surface area contributed by atoms with Gasteiger partial charge in [-0.25, -0.2) is 0 Å². The number of fused-ring (bicyclic) bond motifs is 1. The smallest absolute Gasteiger partial charge is 0.126 e. The highest BCUT2D eigenvalue weighted by atomic mass is 16.5. The Bertz CT molecular complexity index is 382. The molecule has 1 aromatic carbocycles. The Labute approximate surface area is 97.8 Å². The second-order valence-corrected chi connectivity index (χ2v) is 5.45. The van der Waals surface area contributed by atoms with Crippen molar-refractivity contribution in [1.29, 1.82) is 0 Å². The Morgan fingerprint density at radius 3 is 2.88 bits per heavy atom. The van der Waals surface area contributed by atoms with Crippen molar-refractivity contribution in [2.75, 3.05) is 0 Å². The van der Waals surface area contributed by atoms with Crippen molar-refractivity contribution in [3.05, 3.63) is 29.3 Å². The van der Waals surface area contributed by atoms with Crippen LogP contribution in [0.25, 0.3) is 0 Å². The SMILES string of the molecule is CC(N)Cc1cccc2c1OC(C)(C)CC2. The predicted molar refractivity (Wildman–Crippen MR) is 66.8 cm³/mol. The normalized spacial score (nSPS) is 19.8. The number of para-hydroxylation sites is 1. The van der Waals surface area contributed by atoms with Crippen LogP contribution < -0.4 is 10.5 Å². The second-order valence-electron chi connectivity index (χ2n) is 5.45. The van der Waals surface area contributed by atoms with E-state index in [0.717, 1.165) is 25.0 Å². The Kier molecular flexibility index (Phi) is 2.94. The summed E-state index contributed by atoms with van der Waals surface area (Å²) in [6, 6.07) is 6.58. The fourth-order valence-electron chi connectivity index (χ4n) is 2.24. The summed E-state index contributed by atoms with van der Waals surface area (Å²) in [5.41, 5.74) is 8.41. The van der Waals surface area contributed by atoms with Crippen LogP contribution in [0.5, 0.6) is 5.75 Å². The third kappa shape index (κ3) is 2.38. The molecule has 2 nitrogen and oxygen atoms in total.